The van der Waals surface area contributed by atoms with E-state index in [1.54, 1.807) is 17.8 Å². The van der Waals surface area contributed by atoms with Crippen LogP contribution in [0.15, 0.2) is 59.8 Å². The number of methoxy groups -OCH3 is 1. The Morgan fingerprint density at radius 1 is 1.00 bits per heavy atom. The first-order valence-corrected chi connectivity index (χ1v) is 10.2. The highest BCUT2D eigenvalue weighted by Gasteiger charge is 2.22. The molecule has 0 amide bonds. The zero-order chi connectivity index (χ0) is 22.4. The molecule has 5 aromatic rings. The second-order valence-corrected chi connectivity index (χ2v) is 7.65. The summed E-state index contributed by atoms with van der Waals surface area (Å²) >= 11 is 0. The van der Waals surface area contributed by atoms with Crippen LogP contribution in [0.4, 0.5) is 0 Å². The van der Waals surface area contributed by atoms with Crippen molar-refractivity contribution < 1.29 is 4.74 Å². The average Bonchev–Trinajstić information content (AvgIpc) is 3.35. The molecule has 1 N–H and O–H groups in total. The van der Waals surface area contributed by atoms with Crippen molar-refractivity contribution in [1.29, 1.82) is 0 Å². The molecule has 8 heteroatoms. The molecule has 0 spiro atoms. The standard InChI is InChI=1S/C24H22N6O2/c1-14-16(8-7-10-20(14)32-4)17-12-30-22(21(17)18-9-5-6-11-25-18)24(31)27-23(28-30)19-13-29(3)15(2)26-19/h5-13H,1-4H3,(H,27,28,31). The lowest BCUT2D eigenvalue weighted by molar-refractivity contribution is 0.412. The van der Waals surface area contributed by atoms with E-state index in [4.69, 9.17) is 9.84 Å². The van der Waals surface area contributed by atoms with Gasteiger partial charge in [0.15, 0.2) is 5.82 Å². The van der Waals surface area contributed by atoms with Gasteiger partial charge in [-0.15, -0.1) is 5.10 Å². The minimum atomic E-state index is -0.259. The average molecular weight is 426 g/mol. The maximum atomic E-state index is 13.3. The first-order chi connectivity index (χ1) is 15.5. The van der Waals surface area contributed by atoms with Gasteiger partial charge in [-0.3, -0.25) is 9.78 Å². The third-order valence-corrected chi connectivity index (χ3v) is 5.71. The van der Waals surface area contributed by atoms with Gasteiger partial charge < -0.3 is 14.3 Å². The smallest absolute Gasteiger partial charge is 0.276 e. The van der Waals surface area contributed by atoms with Crippen LogP contribution in [-0.2, 0) is 7.05 Å². The van der Waals surface area contributed by atoms with E-state index in [0.29, 0.717) is 22.7 Å². The first kappa shape index (κ1) is 19.7. The van der Waals surface area contributed by atoms with E-state index in [1.807, 2.05) is 74.3 Å². The Balaban J connectivity index is 1.84. The number of H-pyrrole nitrogens is 1. The summed E-state index contributed by atoms with van der Waals surface area (Å²) in [6.45, 7) is 3.90. The number of aromatic nitrogens is 6. The molecule has 0 unspecified atom stereocenters. The number of fused-ring (bicyclic) bond motifs is 1. The van der Waals surface area contributed by atoms with Gasteiger partial charge in [-0.25, -0.2) is 9.50 Å². The van der Waals surface area contributed by atoms with Crippen LogP contribution in [0, 0.1) is 13.8 Å². The fourth-order valence-electron chi connectivity index (χ4n) is 3.98. The van der Waals surface area contributed by atoms with Crippen molar-refractivity contribution in [2.75, 3.05) is 7.11 Å². The van der Waals surface area contributed by atoms with Gasteiger partial charge in [0.2, 0.25) is 0 Å². The van der Waals surface area contributed by atoms with Crippen molar-refractivity contribution in [3.63, 3.8) is 0 Å². The van der Waals surface area contributed by atoms with Gasteiger partial charge in [0.1, 0.15) is 22.8 Å². The molecular formula is C24H22N6O2. The van der Waals surface area contributed by atoms with Crippen LogP contribution in [0.25, 0.3) is 39.4 Å². The lowest BCUT2D eigenvalue weighted by Crippen LogP contribution is -2.14. The second kappa shape index (κ2) is 7.49. The van der Waals surface area contributed by atoms with Gasteiger partial charge in [0.25, 0.3) is 5.56 Å². The molecule has 4 heterocycles. The molecule has 1 aromatic carbocycles. The van der Waals surface area contributed by atoms with Gasteiger partial charge in [0, 0.05) is 36.8 Å². The maximum Gasteiger partial charge on any atom is 0.276 e. The number of rotatable bonds is 4. The second-order valence-electron chi connectivity index (χ2n) is 7.65. The molecule has 0 radical (unpaired) electrons. The molecule has 0 aliphatic heterocycles. The molecule has 0 aliphatic carbocycles. The third kappa shape index (κ3) is 3.08. The zero-order valence-electron chi connectivity index (χ0n) is 18.2. The number of nitrogens with one attached hydrogen (secondary N) is 1. The molecule has 0 fully saturated rings. The normalized spacial score (nSPS) is 11.2. The number of hydrogen-bond donors (Lipinski definition) is 1. The largest absolute Gasteiger partial charge is 0.496 e. The van der Waals surface area contributed by atoms with E-state index in [-0.39, 0.29) is 5.56 Å². The summed E-state index contributed by atoms with van der Waals surface area (Å²) in [7, 11) is 3.55. The number of pyridine rings is 1. The summed E-state index contributed by atoms with van der Waals surface area (Å²) in [6, 6.07) is 11.5. The number of aromatic amines is 1. The molecule has 0 saturated heterocycles. The van der Waals surface area contributed by atoms with Gasteiger partial charge >= 0.3 is 0 Å². The van der Waals surface area contributed by atoms with Gasteiger partial charge in [-0.05, 0) is 43.2 Å². The van der Waals surface area contributed by atoms with Crippen molar-refractivity contribution >= 4 is 5.52 Å². The van der Waals surface area contributed by atoms with Gasteiger partial charge in [0.05, 0.1) is 12.8 Å². The SMILES string of the molecule is COc1cccc(-c2cn3nc(-c4cn(C)c(C)n4)[nH]c(=O)c3c2-c2ccccn2)c1C. The number of imidazole rings is 1. The van der Waals surface area contributed by atoms with Crippen LogP contribution in [0.1, 0.15) is 11.4 Å². The highest BCUT2D eigenvalue weighted by Crippen LogP contribution is 2.38. The Morgan fingerprint density at radius 3 is 2.53 bits per heavy atom. The predicted molar refractivity (Wildman–Crippen MR) is 123 cm³/mol. The summed E-state index contributed by atoms with van der Waals surface area (Å²) in [5.74, 6) is 2.01. The molecule has 0 bridgehead atoms. The van der Waals surface area contributed by atoms with Crippen LogP contribution in [0.2, 0.25) is 0 Å². The zero-order valence-corrected chi connectivity index (χ0v) is 18.2. The van der Waals surface area contributed by atoms with Gasteiger partial charge in [-0.2, -0.15) is 0 Å². The molecule has 4 aromatic heterocycles. The molecule has 8 nitrogen and oxygen atoms in total. The molecule has 160 valence electrons. The van der Waals surface area contributed by atoms with E-state index in [9.17, 15) is 4.79 Å². The van der Waals surface area contributed by atoms with E-state index in [2.05, 4.69) is 15.0 Å². The topological polar surface area (TPSA) is 90.1 Å². The Morgan fingerprint density at radius 2 is 1.84 bits per heavy atom. The Bertz CT molecular complexity index is 1490. The van der Waals surface area contributed by atoms with E-state index in [1.165, 1.54) is 0 Å². The summed E-state index contributed by atoms with van der Waals surface area (Å²) in [5, 5.41) is 4.69. The molecule has 0 aliphatic rings. The summed E-state index contributed by atoms with van der Waals surface area (Å²) < 4.78 is 9.03. The van der Waals surface area contributed by atoms with Crippen molar-refractivity contribution in [3.8, 4) is 39.7 Å². The van der Waals surface area contributed by atoms with Crippen LogP contribution in [-0.4, -0.2) is 36.2 Å². The summed E-state index contributed by atoms with van der Waals surface area (Å²) in [5.41, 5.74) is 4.97. The number of benzene rings is 1. The van der Waals surface area contributed by atoms with Crippen molar-refractivity contribution in [1.82, 2.24) is 29.1 Å². The quantitative estimate of drug-likeness (QED) is 0.472. The minimum absolute atomic E-state index is 0.259. The van der Waals surface area contributed by atoms with Crippen LogP contribution in [0.5, 0.6) is 5.75 Å². The Labute approximate surface area is 184 Å². The molecule has 32 heavy (non-hydrogen) atoms. The minimum Gasteiger partial charge on any atom is -0.496 e. The number of nitrogens with zero attached hydrogens (tertiary/aromatic N) is 5. The van der Waals surface area contributed by atoms with E-state index < -0.39 is 0 Å². The first-order valence-electron chi connectivity index (χ1n) is 10.2. The van der Waals surface area contributed by atoms with E-state index in [0.717, 1.165) is 33.8 Å². The lowest BCUT2D eigenvalue weighted by Gasteiger charge is -2.11. The monoisotopic (exact) mass is 426 g/mol. The fraction of sp³-hybridized carbons (Fsp3) is 0.167. The van der Waals surface area contributed by atoms with Gasteiger partial charge in [-0.1, -0.05) is 18.2 Å². The number of hydrogen-bond acceptors (Lipinski definition) is 5. The molecule has 0 saturated carbocycles. The van der Waals surface area contributed by atoms with Crippen molar-refractivity contribution in [2.45, 2.75) is 13.8 Å². The predicted octanol–water partition coefficient (Wildman–Crippen LogP) is 3.78. The molecule has 0 atom stereocenters. The number of aryl methyl sites for hydroxylation is 2. The Hall–Kier alpha value is -4.20. The number of ether oxygens (including phenoxy) is 1. The fourth-order valence-corrected chi connectivity index (χ4v) is 3.98. The maximum absolute atomic E-state index is 13.3. The lowest BCUT2D eigenvalue weighted by atomic mass is 9.96. The van der Waals surface area contributed by atoms with Crippen molar-refractivity contribution in [3.05, 3.63) is 76.7 Å². The van der Waals surface area contributed by atoms with Crippen LogP contribution in [0.3, 0.4) is 0 Å². The van der Waals surface area contributed by atoms with Crippen LogP contribution >= 0.6 is 0 Å². The highest BCUT2D eigenvalue weighted by molar-refractivity contribution is 5.94. The summed E-state index contributed by atoms with van der Waals surface area (Å²) in [6.07, 6.45) is 5.43. The highest BCUT2D eigenvalue weighted by atomic mass is 16.5. The Kier molecular flexibility index (Phi) is 4.62. The molecule has 5 rings (SSSR count). The molecular weight excluding hydrogens is 404 g/mol. The third-order valence-electron chi connectivity index (χ3n) is 5.71. The van der Waals surface area contributed by atoms with E-state index >= 15 is 0 Å². The van der Waals surface area contributed by atoms with Crippen LogP contribution < -0.4 is 10.3 Å². The van der Waals surface area contributed by atoms with Crippen molar-refractivity contribution in [2.24, 2.45) is 7.05 Å². The summed E-state index contributed by atoms with van der Waals surface area (Å²) in [4.78, 5) is 25.2.